The molecule has 1 heterocycles. The van der Waals surface area contributed by atoms with E-state index in [1.54, 1.807) is 25.1 Å². The summed E-state index contributed by atoms with van der Waals surface area (Å²) in [5.41, 5.74) is 1.12. The first kappa shape index (κ1) is 12.9. The summed E-state index contributed by atoms with van der Waals surface area (Å²) >= 11 is 5.55. The normalized spacial score (nSPS) is 17.7. The van der Waals surface area contributed by atoms with Crippen molar-refractivity contribution >= 4 is 29.0 Å². The molecule has 1 aromatic carbocycles. The van der Waals surface area contributed by atoms with E-state index in [1.807, 2.05) is 0 Å². The number of hydrogen-bond donors (Lipinski definition) is 1. The van der Waals surface area contributed by atoms with Gasteiger partial charge in [-0.25, -0.2) is 0 Å². The van der Waals surface area contributed by atoms with Crippen LogP contribution in [0.1, 0.15) is 30.1 Å². The van der Waals surface area contributed by atoms with Crippen molar-refractivity contribution in [1.82, 2.24) is 0 Å². The molecule has 0 radical (unpaired) electrons. The smallest absolute Gasteiger partial charge is 0.265 e. The predicted octanol–water partition coefficient (Wildman–Crippen LogP) is 2.61. The lowest BCUT2D eigenvalue weighted by molar-refractivity contribution is -0.122. The van der Waals surface area contributed by atoms with Gasteiger partial charge in [0.05, 0.1) is 5.69 Å². The van der Waals surface area contributed by atoms with Crippen molar-refractivity contribution in [3.8, 4) is 5.75 Å². The van der Waals surface area contributed by atoms with Crippen molar-refractivity contribution in [3.05, 3.63) is 23.8 Å². The average molecular weight is 268 g/mol. The van der Waals surface area contributed by atoms with E-state index in [1.165, 1.54) is 0 Å². The molecule has 96 valence electrons. The van der Waals surface area contributed by atoms with E-state index in [2.05, 4.69) is 5.32 Å². The first-order valence-electron chi connectivity index (χ1n) is 5.82. The Labute approximate surface area is 110 Å². The average Bonchev–Trinajstić information content (AvgIpc) is 2.36. The maximum absolute atomic E-state index is 11.8. The zero-order valence-electron chi connectivity index (χ0n) is 10.0. The van der Waals surface area contributed by atoms with Crippen LogP contribution in [0.3, 0.4) is 0 Å². The molecule has 0 bridgehead atoms. The predicted molar refractivity (Wildman–Crippen MR) is 69.4 cm³/mol. The molecule has 5 heteroatoms. The second-order valence-corrected chi connectivity index (χ2v) is 4.55. The van der Waals surface area contributed by atoms with Gasteiger partial charge in [-0.15, -0.1) is 11.6 Å². The Balaban J connectivity index is 2.19. The van der Waals surface area contributed by atoms with Crippen LogP contribution in [0.4, 0.5) is 5.69 Å². The van der Waals surface area contributed by atoms with Crippen molar-refractivity contribution in [3.63, 3.8) is 0 Å². The summed E-state index contributed by atoms with van der Waals surface area (Å²) in [4.78, 5) is 23.3. The summed E-state index contributed by atoms with van der Waals surface area (Å²) in [6, 6.07) is 5.06. The molecule has 1 atom stereocenters. The number of rotatable bonds is 4. The molecule has 4 nitrogen and oxygen atoms in total. The van der Waals surface area contributed by atoms with Crippen molar-refractivity contribution in [2.75, 3.05) is 11.2 Å². The van der Waals surface area contributed by atoms with Crippen molar-refractivity contribution < 1.29 is 14.3 Å². The number of anilines is 1. The van der Waals surface area contributed by atoms with Gasteiger partial charge in [0.25, 0.3) is 5.91 Å². The minimum Gasteiger partial charge on any atom is -0.479 e. The van der Waals surface area contributed by atoms with Gasteiger partial charge < -0.3 is 10.1 Å². The molecule has 1 aliphatic heterocycles. The SMILES string of the molecule is CC1Oc2ccc(C(=O)CCCCl)cc2NC1=O. The van der Waals surface area contributed by atoms with Gasteiger partial charge in [-0.1, -0.05) is 0 Å². The summed E-state index contributed by atoms with van der Waals surface area (Å²) in [6.45, 7) is 1.68. The topological polar surface area (TPSA) is 55.4 Å². The minimum absolute atomic E-state index is 0.0197. The van der Waals surface area contributed by atoms with Crippen LogP contribution >= 0.6 is 11.6 Å². The molecule has 1 aliphatic rings. The van der Waals surface area contributed by atoms with Crippen LogP contribution in [0.15, 0.2) is 18.2 Å². The lowest BCUT2D eigenvalue weighted by atomic mass is 10.1. The van der Waals surface area contributed by atoms with Gasteiger partial charge in [-0.2, -0.15) is 0 Å². The molecule has 1 aromatic rings. The molecule has 0 aliphatic carbocycles. The summed E-state index contributed by atoms with van der Waals surface area (Å²) in [5, 5.41) is 2.72. The summed E-state index contributed by atoms with van der Waals surface area (Å²) in [6.07, 6.45) is 0.556. The number of nitrogens with one attached hydrogen (secondary N) is 1. The van der Waals surface area contributed by atoms with Crippen molar-refractivity contribution in [2.45, 2.75) is 25.9 Å². The van der Waals surface area contributed by atoms with Crippen LogP contribution < -0.4 is 10.1 Å². The third-order valence-electron chi connectivity index (χ3n) is 2.77. The van der Waals surface area contributed by atoms with Gasteiger partial charge in [0.15, 0.2) is 11.9 Å². The maximum atomic E-state index is 11.8. The molecule has 1 amide bonds. The zero-order valence-corrected chi connectivity index (χ0v) is 10.8. The molecule has 2 rings (SSSR count). The summed E-state index contributed by atoms with van der Waals surface area (Å²) < 4.78 is 5.42. The van der Waals surface area contributed by atoms with Crippen LogP contribution in [0.2, 0.25) is 0 Å². The number of benzene rings is 1. The van der Waals surface area contributed by atoms with Gasteiger partial charge in [-0.3, -0.25) is 9.59 Å². The van der Waals surface area contributed by atoms with Crippen LogP contribution in [0, 0.1) is 0 Å². The van der Waals surface area contributed by atoms with Crippen LogP contribution in [-0.4, -0.2) is 23.7 Å². The number of ether oxygens (including phenoxy) is 1. The Bertz CT molecular complexity index is 487. The number of amides is 1. The highest BCUT2D eigenvalue weighted by molar-refractivity contribution is 6.18. The van der Waals surface area contributed by atoms with Crippen molar-refractivity contribution in [2.24, 2.45) is 0 Å². The molecular weight excluding hydrogens is 254 g/mol. The molecule has 0 fully saturated rings. The Hall–Kier alpha value is -1.55. The van der Waals surface area contributed by atoms with Gasteiger partial charge >= 0.3 is 0 Å². The number of halogens is 1. The zero-order chi connectivity index (χ0) is 13.1. The highest BCUT2D eigenvalue weighted by Gasteiger charge is 2.24. The molecule has 1 N–H and O–H groups in total. The number of carbonyl (C=O) groups is 2. The first-order valence-corrected chi connectivity index (χ1v) is 6.36. The van der Waals surface area contributed by atoms with Gasteiger partial charge in [-0.05, 0) is 31.5 Å². The Morgan fingerprint density at radius 3 is 3.00 bits per heavy atom. The lowest BCUT2D eigenvalue weighted by Crippen LogP contribution is -2.34. The van der Waals surface area contributed by atoms with E-state index in [-0.39, 0.29) is 11.7 Å². The molecule has 1 unspecified atom stereocenters. The third kappa shape index (κ3) is 2.64. The van der Waals surface area contributed by atoms with E-state index in [4.69, 9.17) is 16.3 Å². The number of hydrogen-bond acceptors (Lipinski definition) is 3. The van der Waals surface area contributed by atoms with Crippen LogP contribution in [0.5, 0.6) is 5.75 Å². The summed E-state index contributed by atoms with van der Waals surface area (Å²) in [7, 11) is 0. The number of Topliss-reactive ketones (excluding diaryl/α,β-unsaturated/α-hetero) is 1. The second kappa shape index (κ2) is 5.40. The maximum Gasteiger partial charge on any atom is 0.265 e. The molecule has 18 heavy (non-hydrogen) atoms. The van der Waals surface area contributed by atoms with Gasteiger partial charge in [0, 0.05) is 17.9 Å². The Morgan fingerprint density at radius 1 is 1.50 bits per heavy atom. The van der Waals surface area contributed by atoms with Crippen LogP contribution in [0.25, 0.3) is 0 Å². The monoisotopic (exact) mass is 267 g/mol. The number of ketones is 1. The molecule has 0 spiro atoms. The highest BCUT2D eigenvalue weighted by Crippen LogP contribution is 2.30. The fourth-order valence-corrected chi connectivity index (χ4v) is 1.89. The molecule has 0 saturated carbocycles. The van der Waals surface area contributed by atoms with E-state index in [0.29, 0.717) is 35.7 Å². The van der Waals surface area contributed by atoms with Gasteiger partial charge in [0.2, 0.25) is 0 Å². The number of fused-ring (bicyclic) bond motifs is 1. The molecule has 0 aromatic heterocycles. The first-order chi connectivity index (χ1) is 8.61. The Kier molecular flexibility index (Phi) is 3.87. The second-order valence-electron chi connectivity index (χ2n) is 4.18. The highest BCUT2D eigenvalue weighted by atomic mass is 35.5. The van der Waals surface area contributed by atoms with Crippen molar-refractivity contribution in [1.29, 1.82) is 0 Å². The third-order valence-corrected chi connectivity index (χ3v) is 3.04. The van der Waals surface area contributed by atoms with E-state index < -0.39 is 6.10 Å². The molecule has 0 saturated heterocycles. The fraction of sp³-hybridized carbons (Fsp3) is 0.385. The summed E-state index contributed by atoms with van der Waals surface area (Å²) in [5.74, 6) is 0.879. The van der Waals surface area contributed by atoms with E-state index in [0.717, 1.165) is 0 Å². The van der Waals surface area contributed by atoms with E-state index >= 15 is 0 Å². The minimum atomic E-state index is -0.504. The number of alkyl halides is 1. The van der Waals surface area contributed by atoms with Gasteiger partial charge in [0.1, 0.15) is 5.75 Å². The quantitative estimate of drug-likeness (QED) is 0.674. The Morgan fingerprint density at radius 2 is 2.28 bits per heavy atom. The largest absolute Gasteiger partial charge is 0.479 e. The standard InChI is InChI=1S/C13H14ClNO3/c1-8-13(17)15-10-7-9(4-5-12(10)18-8)11(16)3-2-6-14/h4-5,7-8H,2-3,6H2,1H3,(H,15,17). The van der Waals surface area contributed by atoms with Crippen LogP contribution in [-0.2, 0) is 4.79 Å². The molecular formula is C13H14ClNO3. The lowest BCUT2D eigenvalue weighted by Gasteiger charge is -2.23. The number of carbonyl (C=O) groups excluding carboxylic acids is 2. The van der Waals surface area contributed by atoms with E-state index in [9.17, 15) is 9.59 Å². The fourth-order valence-electron chi connectivity index (χ4n) is 1.75.